The van der Waals surface area contributed by atoms with Crippen molar-refractivity contribution in [3.05, 3.63) is 0 Å². The van der Waals surface area contributed by atoms with Gasteiger partial charge < -0.3 is 0 Å². The van der Waals surface area contributed by atoms with E-state index in [0.717, 1.165) is 0 Å². The number of hydrogen-bond acceptors (Lipinski definition) is 0. The van der Waals surface area contributed by atoms with Crippen molar-refractivity contribution in [2.45, 2.75) is 75.7 Å². The fraction of sp³-hybridized carbons (Fsp3) is 1.00. The van der Waals surface area contributed by atoms with E-state index < -0.39 is 0 Å². The monoisotopic (exact) mass is 268 g/mol. The van der Waals surface area contributed by atoms with Crippen molar-refractivity contribution in [1.29, 1.82) is 0 Å². The molecule has 0 aromatic carbocycles. The van der Waals surface area contributed by atoms with Crippen LogP contribution in [0, 0.1) is 0 Å². The summed E-state index contributed by atoms with van der Waals surface area (Å²) in [7, 11) is 0. The highest BCUT2D eigenvalue weighted by molar-refractivity contribution is 6.96. The summed E-state index contributed by atoms with van der Waals surface area (Å²) in [6, 6.07) is 0. The summed E-state index contributed by atoms with van der Waals surface area (Å²) >= 11 is -1.11. The maximum Gasteiger partial charge on any atom is 0.237 e. The van der Waals surface area contributed by atoms with Crippen LogP contribution in [-0.2, 0) is 0 Å². The molecule has 0 rings (SSSR count). The maximum atomic E-state index is 2.49. The number of rotatable bonds is 9. The van der Waals surface area contributed by atoms with Gasteiger partial charge in [0.1, 0.15) is 0 Å². The van der Waals surface area contributed by atoms with E-state index in [1.54, 1.807) is 31.7 Å². The predicted molar refractivity (Wildman–Crippen MR) is 83.9 cm³/mol. The van der Waals surface area contributed by atoms with Crippen LogP contribution in [0.5, 0.6) is 0 Å². The average Bonchev–Trinajstić information content (AvgIpc) is 2.33. The zero-order chi connectivity index (χ0) is 12.6. The smallest absolute Gasteiger partial charge is 0.164 e. The van der Waals surface area contributed by atoms with Gasteiger partial charge in [-0.1, -0.05) is 73.2 Å². The van der Waals surface area contributed by atoms with Crippen LogP contribution in [0.25, 0.3) is 0 Å². The molecule has 0 radical (unpaired) electrons. The Labute approximate surface area is 117 Å². The Hall–Kier alpha value is 1.60. The van der Waals surface area contributed by atoms with Crippen LogP contribution in [0.1, 0.15) is 41.5 Å². The van der Waals surface area contributed by atoms with Crippen molar-refractivity contribution >= 4 is 42.4 Å². The van der Waals surface area contributed by atoms with Gasteiger partial charge in [0.2, 0.25) is 42.4 Å². The van der Waals surface area contributed by atoms with E-state index in [1.165, 1.54) is 2.50 Å². The molecule has 0 fully saturated rings. The molecule has 0 amide bonds. The van der Waals surface area contributed by atoms with Gasteiger partial charge in [-0.3, -0.25) is 0 Å². The zero-order valence-corrected chi connectivity index (χ0v) is 16.0. The van der Waals surface area contributed by atoms with Crippen LogP contribution in [0.4, 0.5) is 0 Å². The molecule has 0 nitrogen and oxygen atoms in total. The predicted octanol–water partition coefficient (Wildman–Crippen LogP) is 5.04. The summed E-state index contributed by atoms with van der Waals surface area (Å²) in [6.07, 6.45) is 0. The Morgan fingerprint density at radius 1 is 0.500 bits per heavy atom. The largest absolute Gasteiger partial charge is 0.237 e. The first-order valence-corrected chi connectivity index (χ1v) is 14.6. The minimum Gasteiger partial charge on any atom is -0.164 e. The van der Waals surface area contributed by atoms with Crippen LogP contribution in [-0.4, -0.2) is 42.4 Å². The lowest BCUT2D eigenvalue weighted by Gasteiger charge is -2.30. The second kappa shape index (κ2) is 10.5. The minimum absolute atomic E-state index is 0.370. The van der Waals surface area contributed by atoms with Gasteiger partial charge in [-0.25, -0.2) is 0 Å². The third-order valence-corrected chi connectivity index (χ3v) is 24.1. The molecule has 0 aliphatic rings. The third kappa shape index (κ3) is 5.07. The Balaban J connectivity index is 4.84. The molecule has 0 aromatic heterocycles. The van der Waals surface area contributed by atoms with Crippen LogP contribution in [0.15, 0.2) is 0 Å². The standard InChI is InChI=1S/6C2H5.CH.3Al/c6*1-2;;;;/h6*1H2,2H3;1H;;;. The highest BCUT2D eigenvalue weighted by atomic mass is 27.3. The first-order chi connectivity index (χ1) is 7.69. The average molecular weight is 268 g/mol. The minimum atomic E-state index is -0.370. The van der Waals surface area contributed by atoms with Crippen molar-refractivity contribution in [1.82, 2.24) is 0 Å². The first-order valence-electron chi connectivity index (χ1n) is 7.69. The molecule has 0 heterocycles. The second-order valence-corrected chi connectivity index (χ2v) is 19.4. The maximum absolute atomic E-state index is 2.49. The lowest BCUT2D eigenvalue weighted by atomic mass is 10.9. The molecule has 0 unspecified atom stereocenters. The molecule has 0 bridgehead atoms. The van der Waals surface area contributed by atoms with E-state index in [0.29, 0.717) is 0 Å². The normalized spacial score (nSPS) is 10.7. The summed E-state index contributed by atoms with van der Waals surface area (Å²) in [5.41, 5.74) is 0. The van der Waals surface area contributed by atoms with E-state index in [9.17, 15) is 0 Å². The van der Waals surface area contributed by atoms with Crippen molar-refractivity contribution < 1.29 is 0 Å². The lowest BCUT2D eigenvalue weighted by molar-refractivity contribution is 1.17. The fourth-order valence-electron chi connectivity index (χ4n) is 3.65. The SMILES string of the molecule is C[CH2][Al]([CH2]C)[CH]([Al]([CH2]C)[CH2]C)[Al]([CH2]C)[CH2]C. The van der Waals surface area contributed by atoms with Crippen molar-refractivity contribution in [2.75, 3.05) is 0 Å². The summed E-state index contributed by atoms with van der Waals surface area (Å²) in [6.45, 7) is 14.9. The van der Waals surface area contributed by atoms with Crippen LogP contribution < -0.4 is 0 Å². The summed E-state index contributed by atoms with van der Waals surface area (Å²) < 4.78 is 1.39. The molecule has 0 aliphatic carbocycles. The van der Waals surface area contributed by atoms with E-state index >= 15 is 0 Å². The zero-order valence-electron chi connectivity index (χ0n) is 12.6. The van der Waals surface area contributed by atoms with Crippen LogP contribution in [0.3, 0.4) is 0 Å². The fourth-order valence-corrected chi connectivity index (χ4v) is 27.7. The van der Waals surface area contributed by atoms with E-state index in [4.69, 9.17) is 0 Å². The van der Waals surface area contributed by atoms with E-state index in [1.807, 2.05) is 0 Å². The molecule has 0 aromatic rings. The Morgan fingerprint density at radius 2 is 0.688 bits per heavy atom. The molecule has 0 atom stereocenters. The van der Waals surface area contributed by atoms with Crippen LogP contribution >= 0.6 is 0 Å². The molecule has 16 heavy (non-hydrogen) atoms. The number of hydrogen-bond donors (Lipinski definition) is 0. The van der Waals surface area contributed by atoms with Crippen molar-refractivity contribution in [3.8, 4) is 0 Å². The highest BCUT2D eigenvalue weighted by Crippen LogP contribution is 2.31. The molecule has 0 saturated carbocycles. The van der Waals surface area contributed by atoms with E-state index in [-0.39, 0.29) is 42.4 Å². The lowest BCUT2D eigenvalue weighted by Crippen LogP contribution is -2.41. The Kier molecular flexibility index (Phi) is 11.6. The summed E-state index contributed by atoms with van der Waals surface area (Å²) in [4.78, 5) is 0. The van der Waals surface area contributed by atoms with Gasteiger partial charge in [0.05, 0.1) is 0 Å². The van der Waals surface area contributed by atoms with Gasteiger partial charge in [0.25, 0.3) is 0 Å². The van der Waals surface area contributed by atoms with Gasteiger partial charge in [-0.2, -0.15) is 2.50 Å². The van der Waals surface area contributed by atoms with Crippen molar-refractivity contribution in [2.24, 2.45) is 0 Å². The van der Waals surface area contributed by atoms with Crippen molar-refractivity contribution in [3.63, 3.8) is 0 Å². The van der Waals surface area contributed by atoms with Gasteiger partial charge in [0.15, 0.2) is 0 Å². The van der Waals surface area contributed by atoms with Gasteiger partial charge >= 0.3 is 0 Å². The molecular weight excluding hydrogens is 237 g/mol. The molecule has 0 saturated heterocycles. The summed E-state index contributed by atoms with van der Waals surface area (Å²) in [5, 5.41) is 9.47. The van der Waals surface area contributed by atoms with Gasteiger partial charge in [-0.05, 0) is 0 Å². The molecule has 3 heteroatoms. The highest BCUT2D eigenvalue weighted by Gasteiger charge is 2.39. The molecule has 0 N–H and O–H groups in total. The Bertz CT molecular complexity index is 121. The summed E-state index contributed by atoms with van der Waals surface area (Å²) in [5.74, 6) is 0. The van der Waals surface area contributed by atoms with E-state index in [2.05, 4.69) is 41.5 Å². The van der Waals surface area contributed by atoms with Crippen LogP contribution in [0.2, 0.25) is 34.2 Å². The quantitative estimate of drug-likeness (QED) is 0.514. The second-order valence-electron chi connectivity index (χ2n) is 5.31. The third-order valence-electron chi connectivity index (χ3n) is 4.78. The molecule has 92 valence electrons. The molecule has 0 aliphatic heterocycles. The van der Waals surface area contributed by atoms with Gasteiger partial charge in [-0.15, -0.1) is 0 Å². The first kappa shape index (κ1) is 17.6. The topological polar surface area (TPSA) is 0 Å². The Morgan fingerprint density at radius 3 is 0.812 bits per heavy atom. The molecular formula is C13H31Al3. The van der Waals surface area contributed by atoms with Gasteiger partial charge in [0, 0.05) is 0 Å². The molecule has 0 spiro atoms.